The Hall–Kier alpha value is -1.19. The predicted molar refractivity (Wildman–Crippen MR) is 90.6 cm³/mol. The zero-order valence-corrected chi connectivity index (χ0v) is 14.1. The van der Waals surface area contributed by atoms with E-state index in [1.54, 1.807) is 17.4 Å². The van der Waals surface area contributed by atoms with Crippen LogP contribution in [0.2, 0.25) is 0 Å². The van der Waals surface area contributed by atoms with Crippen molar-refractivity contribution in [1.29, 1.82) is 0 Å². The molecule has 2 rings (SSSR count). The second kappa shape index (κ2) is 7.00. The summed E-state index contributed by atoms with van der Waals surface area (Å²) in [7, 11) is 0. The third-order valence-corrected chi connectivity index (χ3v) is 5.16. The third kappa shape index (κ3) is 3.90. The second-order valence-electron chi connectivity index (χ2n) is 4.74. The van der Waals surface area contributed by atoms with Crippen LogP contribution in [-0.4, -0.2) is 5.78 Å². The summed E-state index contributed by atoms with van der Waals surface area (Å²) in [5, 5.41) is 0. The van der Waals surface area contributed by atoms with Crippen LogP contribution in [0.3, 0.4) is 0 Å². The molecule has 0 aliphatic heterocycles. The number of carbonyl (C=O) groups is 1. The van der Waals surface area contributed by atoms with E-state index < -0.39 is 0 Å². The first-order valence-electron chi connectivity index (χ1n) is 6.67. The van der Waals surface area contributed by atoms with Gasteiger partial charge in [0.05, 0.1) is 4.88 Å². The standard InChI is InChI=1S/C17H17BrOS/c1-3-4-16-14(18)11-17(20-16)15(19)10-9-13-7-5-12(2)6-8-13/h5-11H,3-4H2,1-2H3/b10-9+. The van der Waals surface area contributed by atoms with E-state index in [0.717, 1.165) is 27.8 Å². The second-order valence-corrected chi connectivity index (χ2v) is 6.73. The highest BCUT2D eigenvalue weighted by Gasteiger charge is 2.10. The first kappa shape index (κ1) is 15.2. The van der Waals surface area contributed by atoms with Crippen molar-refractivity contribution in [3.63, 3.8) is 0 Å². The van der Waals surface area contributed by atoms with Gasteiger partial charge in [-0.2, -0.15) is 0 Å². The predicted octanol–water partition coefficient (Wildman–Crippen LogP) is 5.67. The fraction of sp³-hybridized carbons (Fsp3) is 0.235. The Kier molecular flexibility index (Phi) is 5.32. The Morgan fingerprint density at radius 3 is 2.65 bits per heavy atom. The molecule has 2 aromatic rings. The fourth-order valence-electron chi connectivity index (χ4n) is 1.86. The summed E-state index contributed by atoms with van der Waals surface area (Å²) < 4.78 is 1.05. The molecule has 0 unspecified atom stereocenters. The van der Waals surface area contributed by atoms with Gasteiger partial charge in [0, 0.05) is 9.35 Å². The van der Waals surface area contributed by atoms with Crippen molar-refractivity contribution in [2.24, 2.45) is 0 Å². The summed E-state index contributed by atoms with van der Waals surface area (Å²) in [5.74, 6) is 0.0682. The van der Waals surface area contributed by atoms with E-state index in [1.165, 1.54) is 10.4 Å². The van der Waals surface area contributed by atoms with Crippen molar-refractivity contribution in [2.75, 3.05) is 0 Å². The van der Waals surface area contributed by atoms with Crippen LogP contribution in [0.5, 0.6) is 0 Å². The number of rotatable bonds is 5. The first-order chi connectivity index (χ1) is 9.60. The lowest BCUT2D eigenvalue weighted by Crippen LogP contribution is -1.88. The number of hydrogen-bond acceptors (Lipinski definition) is 2. The average molecular weight is 349 g/mol. The maximum atomic E-state index is 12.2. The number of halogens is 1. The highest BCUT2D eigenvalue weighted by atomic mass is 79.9. The Morgan fingerprint density at radius 1 is 1.30 bits per heavy atom. The van der Waals surface area contributed by atoms with Gasteiger partial charge in [-0.3, -0.25) is 4.79 Å². The van der Waals surface area contributed by atoms with Gasteiger partial charge in [-0.15, -0.1) is 11.3 Å². The largest absolute Gasteiger partial charge is 0.288 e. The van der Waals surface area contributed by atoms with E-state index in [9.17, 15) is 4.79 Å². The lowest BCUT2D eigenvalue weighted by Gasteiger charge is -1.94. The molecular formula is C17H17BrOS. The molecule has 3 heteroatoms. The smallest absolute Gasteiger partial charge is 0.195 e. The number of aryl methyl sites for hydroxylation is 2. The molecule has 1 heterocycles. The van der Waals surface area contributed by atoms with E-state index in [4.69, 9.17) is 0 Å². The fourth-order valence-corrected chi connectivity index (χ4v) is 3.75. The van der Waals surface area contributed by atoms with Crippen LogP contribution in [0.4, 0.5) is 0 Å². The number of hydrogen-bond donors (Lipinski definition) is 0. The van der Waals surface area contributed by atoms with Gasteiger partial charge in [0.25, 0.3) is 0 Å². The molecule has 0 aliphatic carbocycles. The number of carbonyl (C=O) groups excluding carboxylic acids is 1. The van der Waals surface area contributed by atoms with Crippen LogP contribution in [0, 0.1) is 6.92 Å². The molecule has 0 fully saturated rings. The Morgan fingerprint density at radius 2 is 2.00 bits per heavy atom. The number of benzene rings is 1. The minimum atomic E-state index is 0.0682. The number of ketones is 1. The van der Waals surface area contributed by atoms with Gasteiger partial charge in [-0.25, -0.2) is 0 Å². The normalized spacial score (nSPS) is 11.2. The van der Waals surface area contributed by atoms with Crippen LogP contribution in [0.15, 0.2) is 40.9 Å². The van der Waals surface area contributed by atoms with E-state index in [2.05, 4.69) is 29.8 Å². The lowest BCUT2D eigenvalue weighted by molar-refractivity contribution is 0.105. The minimum absolute atomic E-state index is 0.0682. The van der Waals surface area contributed by atoms with Crippen molar-refractivity contribution in [3.05, 3.63) is 61.8 Å². The van der Waals surface area contributed by atoms with Gasteiger partial charge in [-0.05, 0) is 47.0 Å². The van der Waals surface area contributed by atoms with Gasteiger partial charge in [0.15, 0.2) is 5.78 Å². The third-order valence-electron chi connectivity index (χ3n) is 2.98. The summed E-state index contributed by atoms with van der Waals surface area (Å²) in [6.07, 6.45) is 5.62. The molecule has 0 saturated carbocycles. The topological polar surface area (TPSA) is 17.1 Å². The van der Waals surface area contributed by atoms with Crippen molar-refractivity contribution in [1.82, 2.24) is 0 Å². The molecular weight excluding hydrogens is 332 g/mol. The van der Waals surface area contributed by atoms with Gasteiger partial charge in [0.1, 0.15) is 0 Å². The molecule has 0 atom stereocenters. The summed E-state index contributed by atoms with van der Waals surface area (Å²) in [5.41, 5.74) is 2.27. The van der Waals surface area contributed by atoms with Crippen LogP contribution < -0.4 is 0 Å². The molecule has 0 amide bonds. The van der Waals surface area contributed by atoms with E-state index in [1.807, 2.05) is 36.4 Å². The average Bonchev–Trinajstić information content (AvgIpc) is 2.80. The summed E-state index contributed by atoms with van der Waals surface area (Å²) >= 11 is 5.11. The molecule has 0 N–H and O–H groups in total. The molecule has 1 aromatic carbocycles. The zero-order valence-electron chi connectivity index (χ0n) is 11.7. The Labute approximate surface area is 132 Å². The van der Waals surface area contributed by atoms with Crippen LogP contribution in [0.25, 0.3) is 6.08 Å². The SMILES string of the molecule is CCCc1sc(C(=O)/C=C/c2ccc(C)cc2)cc1Br. The van der Waals surface area contributed by atoms with Gasteiger partial charge in [0.2, 0.25) is 0 Å². The lowest BCUT2D eigenvalue weighted by atomic mass is 10.1. The first-order valence-corrected chi connectivity index (χ1v) is 8.28. The van der Waals surface area contributed by atoms with Crippen LogP contribution >= 0.6 is 27.3 Å². The van der Waals surface area contributed by atoms with Crippen molar-refractivity contribution in [3.8, 4) is 0 Å². The van der Waals surface area contributed by atoms with Crippen molar-refractivity contribution < 1.29 is 4.79 Å². The van der Waals surface area contributed by atoms with Crippen LogP contribution in [-0.2, 0) is 6.42 Å². The number of allylic oxidation sites excluding steroid dienone is 1. The van der Waals surface area contributed by atoms with E-state index in [-0.39, 0.29) is 5.78 Å². The molecule has 1 nitrogen and oxygen atoms in total. The monoisotopic (exact) mass is 348 g/mol. The maximum Gasteiger partial charge on any atom is 0.195 e. The van der Waals surface area contributed by atoms with Gasteiger partial charge in [-0.1, -0.05) is 49.2 Å². The molecule has 1 aromatic heterocycles. The van der Waals surface area contributed by atoms with E-state index in [0.29, 0.717) is 0 Å². The van der Waals surface area contributed by atoms with E-state index >= 15 is 0 Å². The quantitative estimate of drug-likeness (QED) is 0.502. The zero-order chi connectivity index (χ0) is 14.5. The molecule has 0 bridgehead atoms. The maximum absolute atomic E-state index is 12.2. The molecule has 0 aliphatic rings. The summed E-state index contributed by atoms with van der Waals surface area (Å²) in [6, 6.07) is 10.1. The summed E-state index contributed by atoms with van der Waals surface area (Å²) in [6.45, 7) is 4.20. The Bertz CT molecular complexity index is 623. The van der Waals surface area contributed by atoms with Crippen molar-refractivity contribution >= 4 is 39.1 Å². The van der Waals surface area contributed by atoms with Gasteiger partial charge < -0.3 is 0 Å². The minimum Gasteiger partial charge on any atom is -0.288 e. The number of thiophene rings is 1. The Balaban J connectivity index is 2.11. The van der Waals surface area contributed by atoms with Gasteiger partial charge >= 0.3 is 0 Å². The molecule has 0 radical (unpaired) electrons. The van der Waals surface area contributed by atoms with Crippen LogP contribution in [0.1, 0.15) is 39.0 Å². The molecule has 104 valence electrons. The molecule has 20 heavy (non-hydrogen) atoms. The molecule has 0 saturated heterocycles. The highest BCUT2D eigenvalue weighted by molar-refractivity contribution is 9.10. The van der Waals surface area contributed by atoms with Crippen molar-refractivity contribution in [2.45, 2.75) is 26.7 Å². The highest BCUT2D eigenvalue weighted by Crippen LogP contribution is 2.29. The summed E-state index contributed by atoms with van der Waals surface area (Å²) in [4.78, 5) is 14.2. The molecule has 0 spiro atoms.